The SMILES string of the molecule is CCCN(CC)c1ccc(C(=O)N2CCC(CO)CC2)cn1. The molecule has 1 aromatic heterocycles. The smallest absolute Gasteiger partial charge is 0.255 e. The van der Waals surface area contributed by atoms with Crippen LogP contribution < -0.4 is 4.90 Å². The van der Waals surface area contributed by atoms with E-state index in [1.807, 2.05) is 17.0 Å². The van der Waals surface area contributed by atoms with Crippen LogP contribution in [0.15, 0.2) is 18.3 Å². The van der Waals surface area contributed by atoms with Crippen LogP contribution in [0.1, 0.15) is 43.5 Å². The Morgan fingerprint density at radius 2 is 2.09 bits per heavy atom. The molecule has 5 heteroatoms. The predicted molar refractivity (Wildman–Crippen MR) is 88.1 cm³/mol. The Kier molecular flexibility index (Phi) is 6.19. The van der Waals surface area contributed by atoms with Gasteiger partial charge in [0.15, 0.2) is 0 Å². The molecule has 0 saturated carbocycles. The Morgan fingerprint density at radius 3 is 2.59 bits per heavy atom. The van der Waals surface area contributed by atoms with Crippen LogP contribution >= 0.6 is 0 Å². The Bertz CT molecular complexity index is 467. The number of aliphatic hydroxyl groups excluding tert-OH is 1. The number of pyridine rings is 1. The number of likely N-dealkylation sites (tertiary alicyclic amines) is 1. The van der Waals surface area contributed by atoms with Crippen LogP contribution in [0.4, 0.5) is 5.82 Å². The molecule has 0 atom stereocenters. The maximum atomic E-state index is 12.5. The standard InChI is InChI=1S/C17H27N3O2/c1-3-9-19(4-2)16-6-5-15(12-18-16)17(22)20-10-7-14(13-21)8-11-20/h5-6,12,14,21H,3-4,7-11,13H2,1-2H3. The highest BCUT2D eigenvalue weighted by molar-refractivity contribution is 5.94. The number of carbonyl (C=O) groups is 1. The summed E-state index contributed by atoms with van der Waals surface area (Å²) in [5.74, 6) is 1.32. The molecule has 1 aromatic rings. The zero-order valence-electron chi connectivity index (χ0n) is 13.7. The predicted octanol–water partition coefficient (Wildman–Crippen LogP) is 2.16. The fourth-order valence-corrected chi connectivity index (χ4v) is 2.91. The normalized spacial score (nSPS) is 15.9. The molecule has 1 saturated heterocycles. The molecule has 22 heavy (non-hydrogen) atoms. The highest BCUT2D eigenvalue weighted by Gasteiger charge is 2.23. The summed E-state index contributed by atoms with van der Waals surface area (Å²) >= 11 is 0. The van der Waals surface area contributed by atoms with E-state index in [0.29, 0.717) is 11.5 Å². The highest BCUT2D eigenvalue weighted by Crippen LogP contribution is 2.19. The third-order valence-electron chi connectivity index (χ3n) is 4.35. The third-order valence-corrected chi connectivity index (χ3v) is 4.35. The van der Waals surface area contributed by atoms with Crippen molar-refractivity contribution in [2.24, 2.45) is 5.92 Å². The highest BCUT2D eigenvalue weighted by atomic mass is 16.3. The van der Waals surface area contributed by atoms with Crippen LogP contribution in [0.25, 0.3) is 0 Å². The van der Waals surface area contributed by atoms with Gasteiger partial charge in [0.2, 0.25) is 0 Å². The zero-order chi connectivity index (χ0) is 15.9. The summed E-state index contributed by atoms with van der Waals surface area (Å²) in [6, 6.07) is 3.81. The van der Waals surface area contributed by atoms with Crippen LogP contribution in [0.2, 0.25) is 0 Å². The van der Waals surface area contributed by atoms with Gasteiger partial charge in [0.1, 0.15) is 5.82 Å². The molecule has 1 aliphatic heterocycles. The number of hydrogen-bond acceptors (Lipinski definition) is 4. The van der Waals surface area contributed by atoms with Crippen LogP contribution in [-0.4, -0.2) is 53.7 Å². The molecule has 1 amide bonds. The number of aliphatic hydroxyl groups is 1. The molecule has 5 nitrogen and oxygen atoms in total. The van der Waals surface area contributed by atoms with Crippen LogP contribution in [0.5, 0.6) is 0 Å². The van der Waals surface area contributed by atoms with Gasteiger partial charge in [-0.1, -0.05) is 6.92 Å². The van der Waals surface area contributed by atoms with Crippen molar-refractivity contribution in [3.8, 4) is 0 Å². The van der Waals surface area contributed by atoms with Crippen molar-refractivity contribution in [2.45, 2.75) is 33.1 Å². The minimum Gasteiger partial charge on any atom is -0.396 e. The largest absolute Gasteiger partial charge is 0.396 e. The maximum absolute atomic E-state index is 12.5. The second-order valence-electron chi connectivity index (χ2n) is 5.90. The van der Waals surface area contributed by atoms with Gasteiger partial charge < -0.3 is 14.9 Å². The summed E-state index contributed by atoms with van der Waals surface area (Å²) < 4.78 is 0. The van der Waals surface area contributed by atoms with E-state index in [9.17, 15) is 4.79 Å². The lowest BCUT2D eigenvalue weighted by Gasteiger charge is -2.31. The first-order valence-corrected chi connectivity index (χ1v) is 8.30. The minimum atomic E-state index is 0.0500. The topological polar surface area (TPSA) is 56.7 Å². The van der Waals surface area contributed by atoms with Crippen molar-refractivity contribution in [2.75, 3.05) is 37.7 Å². The Morgan fingerprint density at radius 1 is 1.36 bits per heavy atom. The molecular formula is C17H27N3O2. The summed E-state index contributed by atoms with van der Waals surface area (Å²) in [5, 5.41) is 9.16. The molecule has 2 heterocycles. The molecular weight excluding hydrogens is 278 g/mol. The molecule has 0 aromatic carbocycles. The van der Waals surface area contributed by atoms with Crippen molar-refractivity contribution in [3.63, 3.8) is 0 Å². The van der Waals surface area contributed by atoms with E-state index in [2.05, 4.69) is 23.7 Å². The first-order chi connectivity index (χ1) is 10.7. The number of amides is 1. The molecule has 0 radical (unpaired) electrons. The number of nitrogens with zero attached hydrogens (tertiary/aromatic N) is 3. The van der Waals surface area contributed by atoms with Crippen LogP contribution in [0, 0.1) is 5.92 Å². The molecule has 0 bridgehead atoms. The molecule has 1 fully saturated rings. The van der Waals surface area contributed by atoms with Gasteiger partial charge in [0.05, 0.1) is 5.56 Å². The van der Waals surface area contributed by atoms with Gasteiger partial charge in [-0.3, -0.25) is 4.79 Å². The molecule has 0 unspecified atom stereocenters. The lowest BCUT2D eigenvalue weighted by atomic mass is 9.97. The zero-order valence-corrected chi connectivity index (χ0v) is 13.7. The molecule has 0 spiro atoms. The van der Waals surface area contributed by atoms with Crippen molar-refractivity contribution in [3.05, 3.63) is 23.9 Å². The van der Waals surface area contributed by atoms with Crippen LogP contribution in [0.3, 0.4) is 0 Å². The van der Waals surface area contributed by atoms with E-state index in [1.165, 1.54) is 0 Å². The van der Waals surface area contributed by atoms with Crippen molar-refractivity contribution in [1.29, 1.82) is 0 Å². The van der Waals surface area contributed by atoms with Gasteiger partial charge in [-0.15, -0.1) is 0 Å². The van der Waals surface area contributed by atoms with E-state index >= 15 is 0 Å². The average Bonchev–Trinajstić information content (AvgIpc) is 2.59. The molecule has 1 aliphatic rings. The summed E-state index contributed by atoms with van der Waals surface area (Å²) in [4.78, 5) is 21.0. The van der Waals surface area contributed by atoms with Gasteiger partial charge in [-0.2, -0.15) is 0 Å². The fourth-order valence-electron chi connectivity index (χ4n) is 2.91. The molecule has 0 aliphatic carbocycles. The number of piperidine rings is 1. The second kappa shape index (κ2) is 8.13. The quantitative estimate of drug-likeness (QED) is 0.875. The summed E-state index contributed by atoms with van der Waals surface area (Å²) in [5.41, 5.74) is 0.652. The van der Waals surface area contributed by atoms with Crippen molar-refractivity contribution < 1.29 is 9.90 Å². The van der Waals surface area contributed by atoms with E-state index in [0.717, 1.165) is 51.3 Å². The van der Waals surface area contributed by atoms with Gasteiger partial charge >= 0.3 is 0 Å². The number of hydrogen-bond donors (Lipinski definition) is 1. The van der Waals surface area contributed by atoms with Crippen LogP contribution in [-0.2, 0) is 0 Å². The van der Waals surface area contributed by atoms with Gasteiger partial charge in [0, 0.05) is 39.0 Å². The molecule has 2 rings (SSSR count). The lowest BCUT2D eigenvalue weighted by Crippen LogP contribution is -2.39. The Balaban J connectivity index is 1.99. The minimum absolute atomic E-state index is 0.0500. The summed E-state index contributed by atoms with van der Waals surface area (Å²) in [6.07, 6.45) is 4.53. The van der Waals surface area contributed by atoms with Gasteiger partial charge in [-0.25, -0.2) is 4.98 Å². The maximum Gasteiger partial charge on any atom is 0.255 e. The summed E-state index contributed by atoms with van der Waals surface area (Å²) in [7, 11) is 0. The van der Waals surface area contributed by atoms with E-state index < -0.39 is 0 Å². The number of aromatic nitrogens is 1. The second-order valence-corrected chi connectivity index (χ2v) is 5.90. The van der Waals surface area contributed by atoms with E-state index in [1.54, 1.807) is 6.20 Å². The van der Waals surface area contributed by atoms with E-state index in [-0.39, 0.29) is 12.5 Å². The monoisotopic (exact) mass is 305 g/mol. The Hall–Kier alpha value is -1.62. The summed E-state index contributed by atoms with van der Waals surface area (Å²) in [6.45, 7) is 7.83. The first kappa shape index (κ1) is 16.7. The van der Waals surface area contributed by atoms with Crippen molar-refractivity contribution >= 4 is 11.7 Å². The third kappa shape index (κ3) is 3.97. The number of carbonyl (C=O) groups excluding carboxylic acids is 1. The Labute approximate surface area is 132 Å². The number of rotatable bonds is 6. The molecule has 1 N–H and O–H groups in total. The van der Waals surface area contributed by atoms with E-state index in [4.69, 9.17) is 5.11 Å². The lowest BCUT2D eigenvalue weighted by molar-refractivity contribution is 0.0650. The van der Waals surface area contributed by atoms with Gasteiger partial charge in [-0.05, 0) is 44.2 Å². The first-order valence-electron chi connectivity index (χ1n) is 8.30. The fraction of sp³-hybridized carbons (Fsp3) is 0.647. The molecule has 122 valence electrons. The van der Waals surface area contributed by atoms with Crippen molar-refractivity contribution in [1.82, 2.24) is 9.88 Å². The number of anilines is 1. The average molecular weight is 305 g/mol. The van der Waals surface area contributed by atoms with Gasteiger partial charge in [0.25, 0.3) is 5.91 Å².